The van der Waals surface area contributed by atoms with Crippen LogP contribution in [0.1, 0.15) is 25.0 Å². The van der Waals surface area contributed by atoms with Crippen LogP contribution in [0.2, 0.25) is 0 Å². The summed E-state index contributed by atoms with van der Waals surface area (Å²) in [5, 5.41) is 2.57. The average Bonchev–Trinajstić information content (AvgIpc) is 2.38. The molecule has 7 heteroatoms. The fourth-order valence-electron chi connectivity index (χ4n) is 1.75. The monoisotopic (exact) mass is 299 g/mol. The number of likely N-dealkylation sites (N-methyl/N-ethyl adjacent to an activating group) is 1. The van der Waals surface area contributed by atoms with E-state index in [0.29, 0.717) is 13.1 Å². The zero-order chi connectivity index (χ0) is 15.3. The van der Waals surface area contributed by atoms with Crippen LogP contribution in [-0.2, 0) is 21.4 Å². The first kappa shape index (κ1) is 16.6. The number of sulfonamides is 1. The molecule has 0 bridgehead atoms. The molecule has 1 unspecified atom stereocenters. The molecule has 1 atom stereocenters. The molecule has 20 heavy (non-hydrogen) atoms. The van der Waals surface area contributed by atoms with E-state index in [4.69, 9.17) is 5.73 Å². The summed E-state index contributed by atoms with van der Waals surface area (Å²) in [6.45, 7) is 5.89. The summed E-state index contributed by atoms with van der Waals surface area (Å²) in [6, 6.07) is 3.90. The highest BCUT2D eigenvalue weighted by Crippen LogP contribution is 2.15. The van der Waals surface area contributed by atoms with E-state index in [9.17, 15) is 13.2 Å². The Morgan fingerprint density at radius 2 is 2.05 bits per heavy atom. The Bertz CT molecular complexity index is 585. The molecule has 4 N–H and O–H groups in total. The van der Waals surface area contributed by atoms with Crippen LogP contribution >= 0.6 is 0 Å². The summed E-state index contributed by atoms with van der Waals surface area (Å²) >= 11 is 0. The van der Waals surface area contributed by atoms with Crippen molar-refractivity contribution in [2.24, 2.45) is 5.73 Å². The van der Waals surface area contributed by atoms with Crippen LogP contribution < -0.4 is 15.8 Å². The number of rotatable bonds is 6. The smallest absolute Gasteiger partial charge is 0.241 e. The number of nitrogens with one attached hydrogen (secondary N) is 2. The molecule has 0 saturated carbocycles. The van der Waals surface area contributed by atoms with E-state index in [-0.39, 0.29) is 10.8 Å². The lowest BCUT2D eigenvalue weighted by Crippen LogP contribution is -2.44. The highest BCUT2D eigenvalue weighted by atomic mass is 32.2. The van der Waals surface area contributed by atoms with E-state index < -0.39 is 16.1 Å². The molecule has 0 aliphatic heterocycles. The molecular formula is C13H21N3O3S. The molecule has 0 aromatic heterocycles. The number of carbonyl (C=O) groups excluding carboxylic acids is 1. The van der Waals surface area contributed by atoms with E-state index in [1.54, 1.807) is 26.0 Å². The zero-order valence-electron chi connectivity index (χ0n) is 11.9. The van der Waals surface area contributed by atoms with E-state index in [1.165, 1.54) is 13.0 Å². The van der Waals surface area contributed by atoms with Gasteiger partial charge in [-0.25, -0.2) is 8.42 Å². The summed E-state index contributed by atoms with van der Waals surface area (Å²) < 4.78 is 26.7. The van der Waals surface area contributed by atoms with Gasteiger partial charge in [-0.15, -0.1) is 0 Å². The molecular weight excluding hydrogens is 278 g/mol. The first-order valence-corrected chi connectivity index (χ1v) is 7.89. The van der Waals surface area contributed by atoms with E-state index >= 15 is 0 Å². The van der Waals surface area contributed by atoms with Gasteiger partial charge in [-0.2, -0.15) is 4.72 Å². The van der Waals surface area contributed by atoms with E-state index in [0.717, 1.165) is 11.1 Å². The van der Waals surface area contributed by atoms with Gasteiger partial charge in [0.05, 0.1) is 10.9 Å². The Morgan fingerprint density at radius 3 is 2.55 bits per heavy atom. The number of carbonyl (C=O) groups is 1. The van der Waals surface area contributed by atoms with Gasteiger partial charge in [-0.1, -0.05) is 6.07 Å². The summed E-state index contributed by atoms with van der Waals surface area (Å²) in [6.07, 6.45) is 0. The minimum absolute atomic E-state index is 0.128. The molecule has 1 aromatic carbocycles. The molecule has 0 fully saturated rings. The minimum Gasteiger partial charge on any atom is -0.355 e. The lowest BCUT2D eigenvalue weighted by atomic mass is 10.1. The van der Waals surface area contributed by atoms with Crippen LogP contribution in [0.4, 0.5) is 0 Å². The maximum atomic E-state index is 12.2. The molecule has 0 heterocycles. The van der Waals surface area contributed by atoms with Crippen LogP contribution in [0.5, 0.6) is 0 Å². The fourth-order valence-corrected chi connectivity index (χ4v) is 3.03. The SMILES string of the molecule is CCNC(=O)C(C)NS(=O)(=O)c1ccc(CN)c(C)c1. The summed E-state index contributed by atoms with van der Waals surface area (Å²) in [5.41, 5.74) is 7.24. The molecule has 1 aromatic rings. The molecule has 6 nitrogen and oxygen atoms in total. The molecule has 1 amide bonds. The normalized spacial score (nSPS) is 13.0. The van der Waals surface area contributed by atoms with Crippen molar-refractivity contribution in [1.29, 1.82) is 0 Å². The van der Waals surface area contributed by atoms with Crippen molar-refractivity contribution < 1.29 is 13.2 Å². The predicted molar refractivity (Wildman–Crippen MR) is 77.5 cm³/mol. The van der Waals surface area contributed by atoms with Gasteiger partial charge in [-0.05, 0) is 44.0 Å². The van der Waals surface area contributed by atoms with Crippen molar-refractivity contribution in [1.82, 2.24) is 10.0 Å². The van der Waals surface area contributed by atoms with Crippen LogP contribution in [0.25, 0.3) is 0 Å². The van der Waals surface area contributed by atoms with Gasteiger partial charge in [0.25, 0.3) is 0 Å². The van der Waals surface area contributed by atoms with Crippen LogP contribution in [-0.4, -0.2) is 26.9 Å². The van der Waals surface area contributed by atoms with Crippen molar-refractivity contribution in [2.45, 2.75) is 38.3 Å². The van der Waals surface area contributed by atoms with Gasteiger partial charge in [0.1, 0.15) is 0 Å². The quantitative estimate of drug-likeness (QED) is 0.701. The predicted octanol–water partition coefficient (Wildman–Crippen LogP) is 0.257. The largest absolute Gasteiger partial charge is 0.355 e. The molecule has 0 radical (unpaired) electrons. The van der Waals surface area contributed by atoms with Crippen LogP contribution in [0.15, 0.2) is 23.1 Å². The second kappa shape index (κ2) is 6.83. The molecule has 0 aliphatic carbocycles. The Morgan fingerprint density at radius 1 is 1.40 bits per heavy atom. The Kier molecular flexibility index (Phi) is 5.67. The lowest BCUT2D eigenvalue weighted by Gasteiger charge is -2.14. The standard InChI is InChI=1S/C13H21N3O3S/c1-4-15-13(17)10(3)16-20(18,19)12-6-5-11(8-14)9(2)7-12/h5-7,10,16H,4,8,14H2,1-3H3,(H,15,17). The van der Waals surface area contributed by atoms with Crippen LogP contribution in [0.3, 0.4) is 0 Å². The molecule has 0 saturated heterocycles. The lowest BCUT2D eigenvalue weighted by molar-refractivity contribution is -0.122. The minimum atomic E-state index is -3.72. The van der Waals surface area contributed by atoms with E-state index in [2.05, 4.69) is 10.0 Å². The van der Waals surface area contributed by atoms with Crippen LogP contribution in [0, 0.1) is 6.92 Å². The van der Waals surface area contributed by atoms with Gasteiger partial charge in [-0.3, -0.25) is 4.79 Å². The highest BCUT2D eigenvalue weighted by molar-refractivity contribution is 7.89. The average molecular weight is 299 g/mol. The van der Waals surface area contributed by atoms with Crippen molar-refractivity contribution in [3.05, 3.63) is 29.3 Å². The molecule has 1 rings (SSSR count). The van der Waals surface area contributed by atoms with Gasteiger partial charge in [0.2, 0.25) is 15.9 Å². The molecule has 0 aliphatic rings. The third-order valence-electron chi connectivity index (χ3n) is 2.92. The van der Waals surface area contributed by atoms with E-state index in [1.807, 2.05) is 0 Å². The first-order chi connectivity index (χ1) is 9.31. The number of aryl methyl sites for hydroxylation is 1. The maximum Gasteiger partial charge on any atom is 0.241 e. The van der Waals surface area contributed by atoms with Crippen molar-refractivity contribution in [3.63, 3.8) is 0 Å². The second-order valence-electron chi connectivity index (χ2n) is 4.53. The number of amides is 1. The fraction of sp³-hybridized carbons (Fsp3) is 0.462. The zero-order valence-corrected chi connectivity index (χ0v) is 12.8. The molecule has 0 spiro atoms. The third-order valence-corrected chi connectivity index (χ3v) is 4.46. The number of benzene rings is 1. The Hall–Kier alpha value is -1.44. The molecule has 112 valence electrons. The second-order valence-corrected chi connectivity index (χ2v) is 6.24. The van der Waals surface area contributed by atoms with Crippen molar-refractivity contribution in [3.8, 4) is 0 Å². The van der Waals surface area contributed by atoms with Crippen molar-refractivity contribution >= 4 is 15.9 Å². The van der Waals surface area contributed by atoms with Gasteiger partial charge >= 0.3 is 0 Å². The number of hydrogen-bond donors (Lipinski definition) is 3. The Labute approximate surface area is 119 Å². The summed E-state index contributed by atoms with van der Waals surface area (Å²) in [4.78, 5) is 11.7. The third kappa shape index (κ3) is 4.03. The number of nitrogens with two attached hydrogens (primary N) is 1. The summed E-state index contributed by atoms with van der Waals surface area (Å²) in [7, 11) is -3.72. The highest BCUT2D eigenvalue weighted by Gasteiger charge is 2.21. The Balaban J connectivity index is 2.94. The van der Waals surface area contributed by atoms with Crippen molar-refractivity contribution in [2.75, 3.05) is 6.54 Å². The topological polar surface area (TPSA) is 101 Å². The number of hydrogen-bond acceptors (Lipinski definition) is 4. The van der Waals surface area contributed by atoms with Gasteiger partial charge < -0.3 is 11.1 Å². The first-order valence-electron chi connectivity index (χ1n) is 6.41. The van der Waals surface area contributed by atoms with Gasteiger partial charge in [0.15, 0.2) is 0 Å². The van der Waals surface area contributed by atoms with Gasteiger partial charge in [0, 0.05) is 13.1 Å². The summed E-state index contributed by atoms with van der Waals surface area (Å²) in [5.74, 6) is -0.355. The maximum absolute atomic E-state index is 12.2.